The monoisotopic (exact) mass is 424 g/mol. The summed E-state index contributed by atoms with van der Waals surface area (Å²) < 4.78 is 7.78. The first-order valence-corrected chi connectivity index (χ1v) is 11.2. The van der Waals surface area contributed by atoms with E-state index in [9.17, 15) is 4.79 Å². The van der Waals surface area contributed by atoms with Gasteiger partial charge in [-0.25, -0.2) is 0 Å². The Hall–Kier alpha value is -2.64. The van der Waals surface area contributed by atoms with Crippen LogP contribution in [0.25, 0.3) is 5.69 Å². The minimum Gasteiger partial charge on any atom is -0.374 e. The second-order valence-electron chi connectivity index (χ2n) is 6.88. The van der Waals surface area contributed by atoms with Crippen LogP contribution in [0.15, 0.2) is 66.1 Å². The van der Waals surface area contributed by atoms with Crippen LogP contribution >= 0.6 is 11.8 Å². The molecule has 0 aliphatic carbocycles. The number of amides is 1. The maximum Gasteiger partial charge on any atom is 0.230 e. The summed E-state index contributed by atoms with van der Waals surface area (Å²) in [6, 6.07) is 18.3. The number of nitrogens with zero attached hydrogens (tertiary/aromatic N) is 3. The van der Waals surface area contributed by atoms with Crippen molar-refractivity contribution in [2.24, 2.45) is 0 Å². The molecule has 0 fully saturated rings. The predicted molar refractivity (Wildman–Crippen MR) is 120 cm³/mol. The van der Waals surface area contributed by atoms with Gasteiger partial charge in [0, 0.05) is 13.2 Å². The third kappa shape index (κ3) is 6.18. The van der Waals surface area contributed by atoms with E-state index in [4.69, 9.17) is 4.74 Å². The van der Waals surface area contributed by atoms with Gasteiger partial charge in [-0.05, 0) is 37.0 Å². The van der Waals surface area contributed by atoms with Gasteiger partial charge in [0.1, 0.15) is 6.33 Å². The number of hydrogen-bond acceptors (Lipinski definition) is 5. The molecular formula is C23H28N4O2S. The van der Waals surface area contributed by atoms with Crippen LogP contribution in [0.2, 0.25) is 0 Å². The van der Waals surface area contributed by atoms with E-state index < -0.39 is 0 Å². The van der Waals surface area contributed by atoms with Gasteiger partial charge in [0.25, 0.3) is 0 Å². The van der Waals surface area contributed by atoms with Gasteiger partial charge in [0.15, 0.2) is 5.16 Å². The Morgan fingerprint density at radius 2 is 1.93 bits per heavy atom. The number of hydrogen-bond donors (Lipinski definition) is 1. The summed E-state index contributed by atoms with van der Waals surface area (Å²) in [6.45, 7) is 5.35. The van der Waals surface area contributed by atoms with Crippen LogP contribution in [0.4, 0.5) is 0 Å². The Bertz CT molecular complexity index is 930. The molecule has 2 aromatic carbocycles. The molecule has 0 bridgehead atoms. The molecule has 1 aromatic heterocycles. The standard InChI is InChI=1S/C23H28N4O2S/c1-3-19-10-7-8-13-21(19)27-17-25-26-23(27)30-16-22(28)24-14-9-15-29-18(2)20-11-5-4-6-12-20/h4-8,10-13,17-18H,3,9,14-16H2,1-2H3,(H,24,28). The molecule has 1 atom stereocenters. The quantitative estimate of drug-likeness (QED) is 0.369. The molecule has 0 saturated carbocycles. The van der Waals surface area contributed by atoms with E-state index in [1.54, 1.807) is 6.33 Å². The van der Waals surface area contributed by atoms with Crippen molar-refractivity contribution < 1.29 is 9.53 Å². The fraction of sp³-hybridized carbons (Fsp3) is 0.348. The molecule has 0 radical (unpaired) electrons. The van der Waals surface area contributed by atoms with Gasteiger partial charge in [-0.15, -0.1) is 10.2 Å². The van der Waals surface area contributed by atoms with Crippen molar-refractivity contribution in [3.05, 3.63) is 72.1 Å². The topological polar surface area (TPSA) is 69.0 Å². The first-order chi connectivity index (χ1) is 14.7. The Morgan fingerprint density at radius 3 is 2.73 bits per heavy atom. The Morgan fingerprint density at radius 1 is 1.17 bits per heavy atom. The highest BCUT2D eigenvalue weighted by atomic mass is 32.2. The average Bonchev–Trinajstić information content (AvgIpc) is 3.26. The molecule has 0 aliphatic rings. The van der Waals surface area contributed by atoms with Crippen molar-refractivity contribution in [2.75, 3.05) is 18.9 Å². The zero-order valence-electron chi connectivity index (χ0n) is 17.5. The van der Waals surface area contributed by atoms with Crippen LogP contribution in [-0.2, 0) is 16.0 Å². The van der Waals surface area contributed by atoms with Crippen molar-refractivity contribution >= 4 is 17.7 Å². The van der Waals surface area contributed by atoms with Crippen molar-refractivity contribution in [2.45, 2.75) is 37.9 Å². The lowest BCUT2D eigenvalue weighted by Crippen LogP contribution is -2.27. The zero-order chi connectivity index (χ0) is 21.2. The maximum absolute atomic E-state index is 12.2. The summed E-state index contributed by atoms with van der Waals surface area (Å²) in [5, 5.41) is 11.9. The summed E-state index contributed by atoms with van der Waals surface area (Å²) in [5.41, 5.74) is 3.43. The highest BCUT2D eigenvalue weighted by molar-refractivity contribution is 7.99. The number of carbonyl (C=O) groups is 1. The second-order valence-corrected chi connectivity index (χ2v) is 7.82. The number of thioether (sulfide) groups is 1. The first-order valence-electron chi connectivity index (χ1n) is 10.2. The van der Waals surface area contributed by atoms with Gasteiger partial charge in [0.2, 0.25) is 5.91 Å². The van der Waals surface area contributed by atoms with Gasteiger partial charge in [-0.1, -0.05) is 67.2 Å². The third-order valence-electron chi connectivity index (χ3n) is 4.76. The van der Waals surface area contributed by atoms with Crippen LogP contribution < -0.4 is 5.32 Å². The minimum absolute atomic E-state index is 0.0190. The molecule has 3 aromatic rings. The molecule has 3 rings (SSSR count). The van der Waals surface area contributed by atoms with E-state index in [1.165, 1.54) is 17.3 Å². The van der Waals surface area contributed by atoms with Gasteiger partial charge in [0.05, 0.1) is 17.5 Å². The molecule has 1 unspecified atom stereocenters. The molecule has 158 valence electrons. The largest absolute Gasteiger partial charge is 0.374 e. The molecule has 30 heavy (non-hydrogen) atoms. The number of rotatable bonds is 11. The molecule has 7 heteroatoms. The van der Waals surface area contributed by atoms with E-state index >= 15 is 0 Å². The van der Waals surface area contributed by atoms with Crippen molar-refractivity contribution in [1.82, 2.24) is 20.1 Å². The van der Waals surface area contributed by atoms with Crippen molar-refractivity contribution in [3.8, 4) is 5.69 Å². The number of aromatic nitrogens is 3. The van der Waals surface area contributed by atoms with Crippen molar-refractivity contribution in [1.29, 1.82) is 0 Å². The summed E-state index contributed by atoms with van der Waals surface area (Å²) in [4.78, 5) is 12.2. The van der Waals surface area contributed by atoms with Gasteiger partial charge in [-0.2, -0.15) is 0 Å². The molecular weight excluding hydrogens is 396 g/mol. The predicted octanol–water partition coefficient (Wildman–Crippen LogP) is 4.21. The molecule has 1 N–H and O–H groups in total. The van der Waals surface area contributed by atoms with Gasteiger partial charge >= 0.3 is 0 Å². The zero-order valence-corrected chi connectivity index (χ0v) is 18.3. The van der Waals surface area contributed by atoms with Crippen molar-refractivity contribution in [3.63, 3.8) is 0 Å². The van der Waals surface area contributed by atoms with Gasteiger partial charge < -0.3 is 10.1 Å². The van der Waals surface area contributed by atoms with E-state index in [0.717, 1.165) is 24.1 Å². The molecule has 0 spiro atoms. The maximum atomic E-state index is 12.2. The lowest BCUT2D eigenvalue weighted by molar-refractivity contribution is -0.118. The second kappa shape index (κ2) is 11.5. The smallest absolute Gasteiger partial charge is 0.230 e. The molecule has 1 heterocycles. The summed E-state index contributed by atoms with van der Waals surface area (Å²) >= 11 is 1.39. The van der Waals surface area contributed by atoms with Crippen LogP contribution in [-0.4, -0.2) is 39.6 Å². The van der Waals surface area contributed by atoms with E-state index in [-0.39, 0.29) is 12.0 Å². The summed E-state index contributed by atoms with van der Waals surface area (Å²) in [5.74, 6) is 0.281. The third-order valence-corrected chi connectivity index (χ3v) is 5.70. The van der Waals surface area contributed by atoms with Crippen LogP contribution in [0.5, 0.6) is 0 Å². The highest BCUT2D eigenvalue weighted by Crippen LogP contribution is 2.22. The fourth-order valence-electron chi connectivity index (χ4n) is 3.09. The van der Waals surface area contributed by atoms with Crippen LogP contribution in [0, 0.1) is 0 Å². The van der Waals surface area contributed by atoms with E-state index in [0.29, 0.717) is 24.1 Å². The highest BCUT2D eigenvalue weighted by Gasteiger charge is 2.12. The SMILES string of the molecule is CCc1ccccc1-n1cnnc1SCC(=O)NCCCOC(C)c1ccccc1. The number of aryl methyl sites for hydroxylation is 1. The average molecular weight is 425 g/mol. The minimum atomic E-state index is -0.0190. The van der Waals surface area contributed by atoms with Crippen LogP contribution in [0.3, 0.4) is 0 Å². The van der Waals surface area contributed by atoms with Gasteiger partial charge in [-0.3, -0.25) is 9.36 Å². The molecule has 0 saturated heterocycles. The van der Waals surface area contributed by atoms with Crippen LogP contribution in [0.1, 0.15) is 37.5 Å². The molecule has 1 amide bonds. The normalized spacial score (nSPS) is 11.9. The summed E-state index contributed by atoms with van der Waals surface area (Å²) in [6.07, 6.45) is 3.44. The van der Waals surface area contributed by atoms with E-state index in [2.05, 4.69) is 40.6 Å². The lowest BCUT2D eigenvalue weighted by Gasteiger charge is -2.13. The number of para-hydroxylation sites is 1. The number of nitrogens with one attached hydrogen (secondary N) is 1. The first kappa shape index (κ1) is 22.1. The van der Waals surface area contributed by atoms with E-state index in [1.807, 2.05) is 47.9 Å². The number of carbonyl (C=O) groups excluding carboxylic acids is 1. The lowest BCUT2D eigenvalue weighted by atomic mass is 10.1. The Kier molecular flexibility index (Phi) is 8.47. The number of benzene rings is 2. The molecule has 0 aliphatic heterocycles. The summed E-state index contributed by atoms with van der Waals surface area (Å²) in [7, 11) is 0. The molecule has 6 nitrogen and oxygen atoms in total. The fourth-order valence-corrected chi connectivity index (χ4v) is 3.85. The number of ether oxygens (including phenoxy) is 1. The Balaban J connectivity index is 1.39. The Labute approximate surface area is 182 Å².